The van der Waals surface area contributed by atoms with Crippen LogP contribution in [0.3, 0.4) is 0 Å². The Hall–Kier alpha value is -2.86. The highest BCUT2D eigenvalue weighted by atomic mass is 19.1. The van der Waals surface area contributed by atoms with Crippen LogP contribution in [0.5, 0.6) is 0 Å². The number of carbonyl (C=O) groups excluding carboxylic acids is 1. The Balaban J connectivity index is 1.33. The van der Waals surface area contributed by atoms with Crippen molar-refractivity contribution in [1.29, 1.82) is 0 Å². The Labute approximate surface area is 156 Å². The number of benzene rings is 2. The van der Waals surface area contributed by atoms with Crippen LogP contribution < -0.4 is 0 Å². The van der Waals surface area contributed by atoms with E-state index in [0.717, 1.165) is 31.5 Å². The molecule has 1 fully saturated rings. The molecule has 5 nitrogen and oxygen atoms in total. The van der Waals surface area contributed by atoms with Gasteiger partial charge < -0.3 is 4.52 Å². The number of halogens is 1. The molecule has 4 rings (SSSR count). The predicted molar refractivity (Wildman–Crippen MR) is 98.9 cm³/mol. The molecule has 0 N–H and O–H groups in total. The van der Waals surface area contributed by atoms with Gasteiger partial charge in [-0.1, -0.05) is 35.5 Å². The number of nitrogens with zero attached hydrogens (tertiary/aromatic N) is 3. The van der Waals surface area contributed by atoms with Crippen molar-refractivity contribution in [1.82, 2.24) is 15.0 Å². The molecule has 2 aromatic carbocycles. The summed E-state index contributed by atoms with van der Waals surface area (Å²) in [6, 6.07) is 15.5. The normalized spacial score (nSPS) is 15.7. The van der Waals surface area contributed by atoms with Gasteiger partial charge in [-0.15, -0.1) is 0 Å². The zero-order chi connectivity index (χ0) is 18.6. The molecular formula is C21H20FN3O2. The number of likely N-dealkylation sites (tertiary alicyclic amines) is 1. The molecule has 0 amide bonds. The first-order valence-electron chi connectivity index (χ1n) is 9.09. The summed E-state index contributed by atoms with van der Waals surface area (Å²) >= 11 is 0. The first-order chi connectivity index (χ1) is 13.2. The Morgan fingerprint density at radius 3 is 2.48 bits per heavy atom. The fourth-order valence-corrected chi connectivity index (χ4v) is 3.37. The molecule has 138 valence electrons. The monoisotopic (exact) mass is 365 g/mol. The zero-order valence-electron chi connectivity index (χ0n) is 14.8. The topological polar surface area (TPSA) is 59.2 Å². The lowest BCUT2D eigenvalue weighted by Crippen LogP contribution is -2.36. The molecule has 0 atom stereocenters. The predicted octanol–water partition coefficient (Wildman–Crippen LogP) is 3.94. The maximum absolute atomic E-state index is 13.0. The number of hydrogen-bond acceptors (Lipinski definition) is 5. The van der Waals surface area contributed by atoms with E-state index in [1.807, 2.05) is 30.3 Å². The third-order valence-corrected chi connectivity index (χ3v) is 4.94. The van der Waals surface area contributed by atoms with Gasteiger partial charge in [0.15, 0.2) is 5.78 Å². The quantitative estimate of drug-likeness (QED) is 0.641. The minimum absolute atomic E-state index is 0.0117. The highest BCUT2D eigenvalue weighted by molar-refractivity contribution is 5.97. The van der Waals surface area contributed by atoms with Crippen molar-refractivity contribution in [2.75, 3.05) is 19.6 Å². The number of Topliss-reactive ketones (excluding diaryl/α,β-unsaturated/α-hetero) is 1. The van der Waals surface area contributed by atoms with E-state index in [1.165, 1.54) is 24.3 Å². The van der Waals surface area contributed by atoms with Gasteiger partial charge in [0.2, 0.25) is 11.7 Å². The number of piperidine rings is 1. The van der Waals surface area contributed by atoms with Gasteiger partial charge in [-0.05, 0) is 50.2 Å². The van der Waals surface area contributed by atoms with Crippen LogP contribution in [-0.4, -0.2) is 40.5 Å². The van der Waals surface area contributed by atoms with Crippen molar-refractivity contribution in [2.24, 2.45) is 0 Å². The maximum Gasteiger partial charge on any atom is 0.230 e. The van der Waals surface area contributed by atoms with E-state index in [-0.39, 0.29) is 17.5 Å². The number of ketones is 1. The molecule has 1 aliphatic heterocycles. The van der Waals surface area contributed by atoms with E-state index in [2.05, 4.69) is 15.0 Å². The lowest BCUT2D eigenvalue weighted by molar-refractivity contribution is 0.0904. The van der Waals surface area contributed by atoms with E-state index in [0.29, 0.717) is 23.8 Å². The van der Waals surface area contributed by atoms with Gasteiger partial charge in [-0.3, -0.25) is 9.69 Å². The molecule has 0 aliphatic carbocycles. The lowest BCUT2D eigenvalue weighted by Gasteiger charge is -2.29. The molecule has 27 heavy (non-hydrogen) atoms. The summed E-state index contributed by atoms with van der Waals surface area (Å²) in [5.41, 5.74) is 1.48. The number of carbonyl (C=O) groups is 1. The standard InChI is InChI=1S/C21H20FN3O2/c22-18-8-6-15(7-9-18)19(26)14-25-12-10-17(11-13-25)21-23-20(24-27-21)16-4-2-1-3-5-16/h1-9,17H,10-14H2. The van der Waals surface area contributed by atoms with Crippen molar-refractivity contribution in [2.45, 2.75) is 18.8 Å². The molecule has 2 heterocycles. The summed E-state index contributed by atoms with van der Waals surface area (Å²) in [5.74, 6) is 1.17. The average Bonchev–Trinajstić information content (AvgIpc) is 3.20. The van der Waals surface area contributed by atoms with Crippen LogP contribution in [0.25, 0.3) is 11.4 Å². The second-order valence-electron chi connectivity index (χ2n) is 6.80. The highest BCUT2D eigenvalue weighted by Crippen LogP contribution is 2.28. The molecule has 1 aromatic heterocycles. The van der Waals surface area contributed by atoms with Gasteiger partial charge in [0.25, 0.3) is 0 Å². The Morgan fingerprint density at radius 1 is 1.07 bits per heavy atom. The SMILES string of the molecule is O=C(CN1CCC(c2nc(-c3ccccc3)no2)CC1)c1ccc(F)cc1. The van der Waals surface area contributed by atoms with Crippen LogP contribution in [0.1, 0.15) is 35.0 Å². The fourth-order valence-electron chi connectivity index (χ4n) is 3.37. The van der Waals surface area contributed by atoms with E-state index < -0.39 is 0 Å². The highest BCUT2D eigenvalue weighted by Gasteiger charge is 2.26. The number of aromatic nitrogens is 2. The molecule has 0 radical (unpaired) electrons. The molecule has 3 aromatic rings. The second kappa shape index (κ2) is 7.80. The molecular weight excluding hydrogens is 345 g/mol. The van der Waals surface area contributed by atoms with Crippen molar-refractivity contribution in [3.05, 3.63) is 71.9 Å². The van der Waals surface area contributed by atoms with Gasteiger partial charge in [-0.2, -0.15) is 4.98 Å². The van der Waals surface area contributed by atoms with Gasteiger partial charge in [0, 0.05) is 17.0 Å². The summed E-state index contributed by atoms with van der Waals surface area (Å²) in [5, 5.41) is 4.09. The van der Waals surface area contributed by atoms with E-state index in [9.17, 15) is 9.18 Å². The third kappa shape index (κ3) is 4.11. The summed E-state index contributed by atoms with van der Waals surface area (Å²) in [6.07, 6.45) is 1.74. The number of hydrogen-bond donors (Lipinski definition) is 0. The van der Waals surface area contributed by atoms with E-state index in [4.69, 9.17) is 4.52 Å². The van der Waals surface area contributed by atoms with Crippen molar-refractivity contribution in [3.63, 3.8) is 0 Å². The third-order valence-electron chi connectivity index (χ3n) is 4.94. The van der Waals surface area contributed by atoms with Gasteiger partial charge >= 0.3 is 0 Å². The minimum Gasteiger partial charge on any atom is -0.339 e. The van der Waals surface area contributed by atoms with Crippen LogP contribution in [0.4, 0.5) is 4.39 Å². The first kappa shape index (κ1) is 17.5. The molecule has 6 heteroatoms. The molecule has 0 spiro atoms. The Kier molecular flexibility index (Phi) is 5.07. The Bertz CT molecular complexity index is 901. The molecule has 0 unspecified atom stereocenters. The molecule has 1 aliphatic rings. The minimum atomic E-state index is -0.332. The first-order valence-corrected chi connectivity index (χ1v) is 9.09. The summed E-state index contributed by atoms with van der Waals surface area (Å²) in [4.78, 5) is 19.0. The van der Waals surface area contributed by atoms with Gasteiger partial charge in [-0.25, -0.2) is 4.39 Å². The van der Waals surface area contributed by atoms with Crippen molar-refractivity contribution in [3.8, 4) is 11.4 Å². The smallest absolute Gasteiger partial charge is 0.230 e. The van der Waals surface area contributed by atoms with Crippen LogP contribution in [0.15, 0.2) is 59.1 Å². The Morgan fingerprint density at radius 2 is 1.78 bits per heavy atom. The van der Waals surface area contributed by atoms with Crippen LogP contribution in [0, 0.1) is 5.82 Å². The summed E-state index contributed by atoms with van der Waals surface area (Å²) < 4.78 is 18.5. The van der Waals surface area contributed by atoms with Crippen LogP contribution in [0.2, 0.25) is 0 Å². The van der Waals surface area contributed by atoms with E-state index in [1.54, 1.807) is 0 Å². The summed E-state index contributed by atoms with van der Waals surface area (Å²) in [7, 11) is 0. The van der Waals surface area contributed by atoms with Gasteiger partial charge in [0.05, 0.1) is 6.54 Å². The van der Waals surface area contributed by atoms with Gasteiger partial charge in [0.1, 0.15) is 5.82 Å². The summed E-state index contributed by atoms with van der Waals surface area (Å²) in [6.45, 7) is 1.93. The maximum atomic E-state index is 13.0. The van der Waals surface area contributed by atoms with Crippen LogP contribution >= 0.6 is 0 Å². The van der Waals surface area contributed by atoms with Crippen LogP contribution in [-0.2, 0) is 0 Å². The zero-order valence-corrected chi connectivity index (χ0v) is 14.8. The van der Waals surface area contributed by atoms with Crippen molar-refractivity contribution < 1.29 is 13.7 Å². The number of rotatable bonds is 5. The molecule has 0 saturated carbocycles. The average molecular weight is 365 g/mol. The lowest BCUT2D eigenvalue weighted by atomic mass is 9.96. The van der Waals surface area contributed by atoms with Crippen molar-refractivity contribution >= 4 is 5.78 Å². The fraction of sp³-hybridized carbons (Fsp3) is 0.286. The molecule has 1 saturated heterocycles. The van der Waals surface area contributed by atoms with E-state index >= 15 is 0 Å². The second-order valence-corrected chi connectivity index (χ2v) is 6.80. The largest absolute Gasteiger partial charge is 0.339 e. The molecule has 0 bridgehead atoms.